The Kier molecular flexibility index (Phi) is 6.14. The third-order valence-corrected chi connectivity index (χ3v) is 3.87. The van der Waals surface area contributed by atoms with Crippen molar-refractivity contribution in [3.63, 3.8) is 0 Å². The molecule has 0 aliphatic rings. The number of carbonyl (C=O) groups is 2. The van der Waals surface area contributed by atoms with Gasteiger partial charge in [0.2, 0.25) is 5.91 Å². The van der Waals surface area contributed by atoms with E-state index in [2.05, 4.69) is 10.3 Å². The minimum atomic E-state index is -4.80. The fourth-order valence-corrected chi connectivity index (χ4v) is 2.72. The van der Waals surface area contributed by atoms with E-state index in [0.717, 1.165) is 23.6 Å². The summed E-state index contributed by atoms with van der Waals surface area (Å²) in [5, 5.41) is 4.08. The van der Waals surface area contributed by atoms with Gasteiger partial charge in [0.1, 0.15) is 12.1 Å². The molecule has 2 heterocycles. The van der Waals surface area contributed by atoms with E-state index in [4.69, 9.17) is 4.74 Å². The summed E-state index contributed by atoms with van der Waals surface area (Å²) in [4.78, 5) is 39.1. The average Bonchev–Trinajstić information content (AvgIpc) is 2.95. The molecular formula is C15H14F3N3O4S. The van der Waals surface area contributed by atoms with Gasteiger partial charge in [-0.3, -0.25) is 14.4 Å². The van der Waals surface area contributed by atoms with Crippen LogP contribution in [0.15, 0.2) is 28.5 Å². The molecule has 140 valence electrons. The van der Waals surface area contributed by atoms with Crippen molar-refractivity contribution in [1.82, 2.24) is 9.55 Å². The highest BCUT2D eigenvalue weighted by Crippen LogP contribution is 2.26. The second-order valence-corrected chi connectivity index (χ2v) is 5.88. The van der Waals surface area contributed by atoms with Gasteiger partial charge < -0.3 is 14.6 Å². The van der Waals surface area contributed by atoms with Crippen LogP contribution in [0, 0.1) is 0 Å². The van der Waals surface area contributed by atoms with Crippen molar-refractivity contribution in [2.75, 3.05) is 11.9 Å². The summed E-state index contributed by atoms with van der Waals surface area (Å²) in [5.74, 6) is -1.19. The third-order valence-electron chi connectivity index (χ3n) is 3.07. The van der Waals surface area contributed by atoms with E-state index < -0.39 is 35.7 Å². The summed E-state index contributed by atoms with van der Waals surface area (Å²) in [5.41, 5.74) is -2.27. The molecule has 11 heteroatoms. The van der Waals surface area contributed by atoms with Gasteiger partial charge in [-0.15, -0.1) is 11.3 Å². The number of nitrogens with one attached hydrogen (secondary N) is 1. The van der Waals surface area contributed by atoms with Gasteiger partial charge in [0.25, 0.3) is 5.56 Å². The fourth-order valence-electron chi connectivity index (χ4n) is 2.00. The summed E-state index contributed by atoms with van der Waals surface area (Å²) >= 11 is 1.04. The van der Waals surface area contributed by atoms with E-state index in [0.29, 0.717) is 16.3 Å². The monoisotopic (exact) mass is 389 g/mol. The van der Waals surface area contributed by atoms with Crippen LogP contribution < -0.4 is 10.9 Å². The molecule has 0 aliphatic carbocycles. The van der Waals surface area contributed by atoms with E-state index in [9.17, 15) is 27.6 Å². The molecule has 26 heavy (non-hydrogen) atoms. The molecule has 0 atom stereocenters. The molecule has 1 N–H and O–H groups in total. The standard InChI is InChI=1S/C15H14F3N3O4S/c1-2-25-12(23)6-9-8-26-14(19-9)20-11(22)7-21-5-3-4-10(13(21)24)15(16,17)18/h3-5,8H,2,6-7H2,1H3,(H,19,20,22). The van der Waals surface area contributed by atoms with Crippen molar-refractivity contribution < 1.29 is 27.5 Å². The lowest BCUT2D eigenvalue weighted by molar-refractivity contribution is -0.142. The Morgan fingerprint density at radius 2 is 2.12 bits per heavy atom. The van der Waals surface area contributed by atoms with Crippen molar-refractivity contribution >= 4 is 28.3 Å². The highest BCUT2D eigenvalue weighted by atomic mass is 32.1. The number of hydrogen-bond donors (Lipinski definition) is 1. The SMILES string of the molecule is CCOC(=O)Cc1csc(NC(=O)Cn2cccc(C(F)(F)F)c2=O)n1. The van der Waals surface area contributed by atoms with Crippen molar-refractivity contribution in [1.29, 1.82) is 0 Å². The molecule has 0 bridgehead atoms. The second-order valence-electron chi connectivity index (χ2n) is 5.03. The number of anilines is 1. The van der Waals surface area contributed by atoms with Gasteiger partial charge in [-0.1, -0.05) is 0 Å². The Morgan fingerprint density at radius 1 is 1.38 bits per heavy atom. The van der Waals surface area contributed by atoms with Gasteiger partial charge in [-0.05, 0) is 19.1 Å². The number of amides is 1. The Bertz CT molecular complexity index is 860. The molecule has 0 saturated heterocycles. The van der Waals surface area contributed by atoms with Crippen LogP contribution in [-0.4, -0.2) is 28.0 Å². The smallest absolute Gasteiger partial charge is 0.421 e. The van der Waals surface area contributed by atoms with Gasteiger partial charge in [0, 0.05) is 11.6 Å². The van der Waals surface area contributed by atoms with Crippen LogP contribution in [0.25, 0.3) is 0 Å². The van der Waals surface area contributed by atoms with Crippen molar-refractivity contribution in [3.8, 4) is 0 Å². The molecule has 7 nitrogen and oxygen atoms in total. The minimum absolute atomic E-state index is 0.0622. The lowest BCUT2D eigenvalue weighted by Crippen LogP contribution is -2.31. The van der Waals surface area contributed by atoms with Crippen LogP contribution in [0.4, 0.5) is 18.3 Å². The molecular weight excluding hydrogens is 375 g/mol. The predicted molar refractivity (Wildman–Crippen MR) is 86.8 cm³/mol. The molecule has 0 spiro atoms. The molecule has 0 unspecified atom stereocenters. The van der Waals surface area contributed by atoms with E-state index in [1.165, 1.54) is 0 Å². The van der Waals surface area contributed by atoms with Gasteiger partial charge >= 0.3 is 12.1 Å². The molecule has 2 rings (SSSR count). The number of rotatable bonds is 6. The van der Waals surface area contributed by atoms with Crippen LogP contribution in [-0.2, 0) is 33.5 Å². The molecule has 2 aromatic rings. The average molecular weight is 389 g/mol. The summed E-state index contributed by atoms with van der Waals surface area (Å²) in [7, 11) is 0. The maximum Gasteiger partial charge on any atom is 0.421 e. The maximum absolute atomic E-state index is 12.7. The summed E-state index contributed by atoms with van der Waals surface area (Å²) in [6, 6.07) is 1.69. The number of hydrogen-bond acceptors (Lipinski definition) is 6. The second kappa shape index (κ2) is 8.13. The first-order chi connectivity index (χ1) is 12.2. The minimum Gasteiger partial charge on any atom is -0.466 e. The highest BCUT2D eigenvalue weighted by Gasteiger charge is 2.34. The largest absolute Gasteiger partial charge is 0.466 e. The number of esters is 1. The van der Waals surface area contributed by atoms with Crippen LogP contribution in [0.3, 0.4) is 0 Å². The van der Waals surface area contributed by atoms with Crippen LogP contribution in [0.5, 0.6) is 0 Å². The van der Waals surface area contributed by atoms with E-state index in [1.54, 1.807) is 12.3 Å². The Labute approximate surface area is 149 Å². The normalized spacial score (nSPS) is 11.2. The van der Waals surface area contributed by atoms with E-state index >= 15 is 0 Å². The van der Waals surface area contributed by atoms with Gasteiger partial charge in [-0.25, -0.2) is 4.98 Å². The number of nitrogens with zero attached hydrogens (tertiary/aromatic N) is 2. The quantitative estimate of drug-likeness (QED) is 0.764. The molecule has 2 aromatic heterocycles. The number of carbonyl (C=O) groups excluding carboxylic acids is 2. The highest BCUT2D eigenvalue weighted by molar-refractivity contribution is 7.13. The Balaban J connectivity index is 2.03. The maximum atomic E-state index is 12.7. The topological polar surface area (TPSA) is 90.3 Å². The molecule has 0 fully saturated rings. The van der Waals surface area contributed by atoms with Crippen LogP contribution >= 0.6 is 11.3 Å². The third kappa shape index (κ3) is 5.15. The van der Waals surface area contributed by atoms with Crippen molar-refractivity contribution in [3.05, 3.63) is 45.3 Å². The van der Waals surface area contributed by atoms with Crippen LogP contribution in [0.2, 0.25) is 0 Å². The van der Waals surface area contributed by atoms with Gasteiger partial charge in [0.05, 0.1) is 18.7 Å². The number of halogens is 3. The number of pyridine rings is 1. The fraction of sp³-hybridized carbons (Fsp3) is 0.333. The molecule has 1 amide bonds. The first-order valence-corrected chi connectivity index (χ1v) is 8.25. The zero-order valence-electron chi connectivity index (χ0n) is 13.5. The van der Waals surface area contributed by atoms with Gasteiger partial charge in [-0.2, -0.15) is 13.2 Å². The number of alkyl halides is 3. The first kappa shape index (κ1) is 19.6. The van der Waals surface area contributed by atoms with E-state index in [1.807, 2.05) is 0 Å². The number of thiazole rings is 1. The van der Waals surface area contributed by atoms with E-state index in [-0.39, 0.29) is 18.2 Å². The predicted octanol–water partition coefficient (Wildman–Crippen LogP) is 2.07. The molecule has 0 aliphatic heterocycles. The zero-order valence-corrected chi connectivity index (χ0v) is 14.3. The Morgan fingerprint density at radius 3 is 2.77 bits per heavy atom. The summed E-state index contributed by atoms with van der Waals surface area (Å²) < 4.78 is 43.6. The van der Waals surface area contributed by atoms with Crippen molar-refractivity contribution in [2.24, 2.45) is 0 Å². The molecule has 0 saturated carbocycles. The molecule has 0 radical (unpaired) electrons. The van der Waals surface area contributed by atoms with Gasteiger partial charge in [0.15, 0.2) is 5.13 Å². The number of aromatic nitrogens is 2. The summed E-state index contributed by atoms with van der Waals surface area (Å²) in [6.07, 6.45) is -3.77. The van der Waals surface area contributed by atoms with Crippen molar-refractivity contribution in [2.45, 2.75) is 26.1 Å². The summed E-state index contributed by atoms with van der Waals surface area (Å²) in [6.45, 7) is 1.30. The first-order valence-electron chi connectivity index (χ1n) is 7.37. The zero-order chi connectivity index (χ0) is 19.3. The van der Waals surface area contributed by atoms with Crippen LogP contribution in [0.1, 0.15) is 18.2 Å². The Hall–Kier alpha value is -2.69. The molecule has 0 aromatic carbocycles. The lowest BCUT2D eigenvalue weighted by Gasteiger charge is -2.09. The number of ether oxygens (including phenoxy) is 1. The lowest BCUT2D eigenvalue weighted by atomic mass is 10.2.